The SMILES string of the molecule is CCC(C)(C)OC(=O)N1CCOC(CNC(=O)N2CC(Oc3cccc4scnc34)C2)C1. The van der Waals surface area contributed by atoms with E-state index in [4.69, 9.17) is 14.2 Å². The van der Waals surface area contributed by atoms with Gasteiger partial charge in [-0.1, -0.05) is 13.0 Å². The maximum Gasteiger partial charge on any atom is 0.410 e. The van der Waals surface area contributed by atoms with E-state index < -0.39 is 5.60 Å². The number of hydrogen-bond acceptors (Lipinski definition) is 7. The Morgan fingerprint density at radius 3 is 2.88 bits per heavy atom. The lowest BCUT2D eigenvalue weighted by atomic mass is 10.1. The molecule has 2 fully saturated rings. The molecular weight excluding hydrogens is 432 g/mol. The number of likely N-dealkylation sites (tertiary alicyclic amines) is 1. The third-order valence-electron chi connectivity index (χ3n) is 5.85. The van der Waals surface area contributed by atoms with Gasteiger partial charge in [-0.15, -0.1) is 11.3 Å². The van der Waals surface area contributed by atoms with Crippen molar-refractivity contribution < 1.29 is 23.8 Å². The Bertz CT molecular complexity index is 959. The van der Waals surface area contributed by atoms with Crippen molar-refractivity contribution in [1.82, 2.24) is 20.1 Å². The number of morpholine rings is 1. The predicted octanol–water partition coefficient (Wildman–Crippen LogP) is 3.09. The molecule has 2 aromatic rings. The number of para-hydroxylation sites is 1. The van der Waals surface area contributed by atoms with Crippen LogP contribution in [0.25, 0.3) is 10.2 Å². The molecule has 0 aliphatic carbocycles. The zero-order chi connectivity index (χ0) is 22.7. The van der Waals surface area contributed by atoms with Gasteiger partial charge in [0.25, 0.3) is 0 Å². The maximum atomic E-state index is 12.5. The van der Waals surface area contributed by atoms with Crippen molar-refractivity contribution in [3.8, 4) is 5.75 Å². The highest BCUT2D eigenvalue weighted by Crippen LogP contribution is 2.29. The van der Waals surface area contributed by atoms with Crippen LogP contribution in [0.1, 0.15) is 27.2 Å². The molecule has 0 bridgehead atoms. The smallest absolute Gasteiger partial charge is 0.410 e. The molecule has 3 amide bonds. The van der Waals surface area contributed by atoms with Gasteiger partial charge in [-0.25, -0.2) is 14.6 Å². The highest BCUT2D eigenvalue weighted by atomic mass is 32.1. The van der Waals surface area contributed by atoms with E-state index in [1.165, 1.54) is 0 Å². The molecule has 2 aliphatic rings. The minimum atomic E-state index is -0.500. The zero-order valence-corrected chi connectivity index (χ0v) is 19.5. The fourth-order valence-electron chi connectivity index (χ4n) is 3.51. The van der Waals surface area contributed by atoms with Crippen LogP contribution in [0.2, 0.25) is 0 Å². The Morgan fingerprint density at radius 2 is 2.09 bits per heavy atom. The van der Waals surface area contributed by atoms with Crippen LogP contribution in [-0.4, -0.2) is 84.0 Å². The zero-order valence-electron chi connectivity index (χ0n) is 18.7. The second kappa shape index (κ2) is 9.50. The minimum absolute atomic E-state index is 0.0498. The van der Waals surface area contributed by atoms with E-state index in [0.29, 0.717) is 39.3 Å². The summed E-state index contributed by atoms with van der Waals surface area (Å²) in [6.07, 6.45) is 0.0864. The van der Waals surface area contributed by atoms with Crippen LogP contribution >= 0.6 is 11.3 Å². The van der Waals surface area contributed by atoms with Crippen LogP contribution in [0, 0.1) is 0 Å². The number of nitrogens with zero attached hydrogens (tertiary/aromatic N) is 3. The molecule has 1 aromatic heterocycles. The van der Waals surface area contributed by atoms with Gasteiger partial charge < -0.3 is 29.3 Å². The topological polar surface area (TPSA) is 93.2 Å². The van der Waals surface area contributed by atoms with Crippen molar-refractivity contribution in [2.75, 3.05) is 39.3 Å². The Kier molecular flexibility index (Phi) is 6.71. The number of thiazole rings is 1. The number of fused-ring (bicyclic) bond motifs is 1. The third-order valence-corrected chi connectivity index (χ3v) is 6.64. The van der Waals surface area contributed by atoms with Gasteiger partial charge in [0.2, 0.25) is 0 Å². The largest absolute Gasteiger partial charge is 0.484 e. The van der Waals surface area contributed by atoms with E-state index in [0.717, 1.165) is 22.4 Å². The number of aromatic nitrogens is 1. The molecule has 1 atom stereocenters. The quantitative estimate of drug-likeness (QED) is 0.709. The number of amides is 3. The fraction of sp³-hybridized carbons (Fsp3) is 0.591. The first-order valence-electron chi connectivity index (χ1n) is 11.0. The lowest BCUT2D eigenvalue weighted by Gasteiger charge is -2.39. The van der Waals surface area contributed by atoms with Crippen LogP contribution in [0.4, 0.5) is 9.59 Å². The second-order valence-electron chi connectivity index (χ2n) is 8.71. The van der Waals surface area contributed by atoms with Crippen molar-refractivity contribution in [3.63, 3.8) is 0 Å². The molecule has 174 valence electrons. The Labute approximate surface area is 191 Å². The molecule has 3 heterocycles. The first-order valence-corrected chi connectivity index (χ1v) is 11.8. The molecule has 0 spiro atoms. The van der Waals surface area contributed by atoms with Gasteiger partial charge in [0, 0.05) is 13.1 Å². The molecule has 4 rings (SSSR count). The molecule has 0 radical (unpaired) electrons. The molecule has 32 heavy (non-hydrogen) atoms. The summed E-state index contributed by atoms with van der Waals surface area (Å²) in [6, 6.07) is 5.71. The molecule has 0 saturated carbocycles. The van der Waals surface area contributed by atoms with Crippen molar-refractivity contribution in [1.29, 1.82) is 0 Å². The standard InChI is InChI=1S/C22H30N4O5S/c1-4-22(2,3)31-21(28)25-8-9-29-15(11-25)10-23-20(27)26-12-16(13-26)30-17-6-5-7-18-19(17)24-14-32-18/h5-7,14-16H,4,8-13H2,1-3H3,(H,23,27). The van der Waals surface area contributed by atoms with Gasteiger partial charge in [-0.05, 0) is 32.4 Å². The first-order chi connectivity index (χ1) is 15.3. The summed E-state index contributed by atoms with van der Waals surface area (Å²) >= 11 is 1.58. The normalized spacial score (nSPS) is 19.5. The van der Waals surface area contributed by atoms with E-state index in [1.807, 2.05) is 39.0 Å². The van der Waals surface area contributed by atoms with Crippen molar-refractivity contribution in [2.24, 2.45) is 0 Å². The van der Waals surface area contributed by atoms with E-state index >= 15 is 0 Å². The summed E-state index contributed by atoms with van der Waals surface area (Å²) in [5, 5.41) is 2.90. The second-order valence-corrected chi connectivity index (χ2v) is 9.59. The minimum Gasteiger partial charge on any atom is -0.484 e. The molecule has 1 aromatic carbocycles. The number of hydrogen-bond donors (Lipinski definition) is 1. The van der Waals surface area contributed by atoms with Gasteiger partial charge in [0.1, 0.15) is 23.0 Å². The molecule has 2 aliphatic heterocycles. The van der Waals surface area contributed by atoms with Gasteiger partial charge in [0.15, 0.2) is 0 Å². The molecular formula is C22H30N4O5S. The average molecular weight is 463 g/mol. The number of benzene rings is 1. The number of urea groups is 1. The van der Waals surface area contributed by atoms with Gasteiger partial charge in [-0.2, -0.15) is 0 Å². The van der Waals surface area contributed by atoms with Crippen LogP contribution in [0.3, 0.4) is 0 Å². The van der Waals surface area contributed by atoms with Gasteiger partial charge >= 0.3 is 12.1 Å². The van der Waals surface area contributed by atoms with Crippen molar-refractivity contribution >= 4 is 33.7 Å². The van der Waals surface area contributed by atoms with Crippen LogP contribution in [0.5, 0.6) is 5.75 Å². The molecule has 10 heteroatoms. The molecule has 9 nitrogen and oxygen atoms in total. The monoisotopic (exact) mass is 462 g/mol. The number of carbonyl (C=O) groups is 2. The number of carbonyl (C=O) groups excluding carboxylic acids is 2. The van der Waals surface area contributed by atoms with E-state index in [-0.39, 0.29) is 24.3 Å². The summed E-state index contributed by atoms with van der Waals surface area (Å²) in [7, 11) is 0. The van der Waals surface area contributed by atoms with E-state index in [9.17, 15) is 9.59 Å². The highest BCUT2D eigenvalue weighted by molar-refractivity contribution is 7.16. The summed E-state index contributed by atoms with van der Waals surface area (Å²) in [5.74, 6) is 0.752. The van der Waals surface area contributed by atoms with Crippen LogP contribution < -0.4 is 10.1 Å². The summed E-state index contributed by atoms with van der Waals surface area (Å²) in [6.45, 7) is 8.43. The Balaban J connectivity index is 1.19. The molecule has 1 N–H and O–H groups in total. The first kappa shape index (κ1) is 22.6. The van der Waals surface area contributed by atoms with Gasteiger partial charge in [0.05, 0.1) is 42.6 Å². The maximum absolute atomic E-state index is 12.5. The van der Waals surface area contributed by atoms with Crippen molar-refractivity contribution in [3.05, 3.63) is 23.7 Å². The number of nitrogens with one attached hydrogen (secondary N) is 1. The van der Waals surface area contributed by atoms with E-state index in [2.05, 4.69) is 10.3 Å². The Morgan fingerprint density at radius 1 is 1.28 bits per heavy atom. The fourth-order valence-corrected chi connectivity index (χ4v) is 4.20. The van der Waals surface area contributed by atoms with Crippen LogP contribution in [-0.2, 0) is 9.47 Å². The molecule has 1 unspecified atom stereocenters. The number of ether oxygens (including phenoxy) is 3. The highest BCUT2D eigenvalue weighted by Gasteiger charge is 2.34. The van der Waals surface area contributed by atoms with Gasteiger partial charge in [-0.3, -0.25) is 0 Å². The lowest BCUT2D eigenvalue weighted by molar-refractivity contribution is -0.0447. The summed E-state index contributed by atoms with van der Waals surface area (Å²) in [4.78, 5) is 32.6. The van der Waals surface area contributed by atoms with Crippen molar-refractivity contribution in [2.45, 2.75) is 45.0 Å². The van der Waals surface area contributed by atoms with Crippen LogP contribution in [0.15, 0.2) is 23.7 Å². The predicted molar refractivity (Wildman–Crippen MR) is 121 cm³/mol. The van der Waals surface area contributed by atoms with E-state index in [1.54, 1.807) is 26.6 Å². The summed E-state index contributed by atoms with van der Waals surface area (Å²) in [5.41, 5.74) is 2.16. The lowest BCUT2D eigenvalue weighted by Crippen LogP contribution is -2.60. The Hall–Kier alpha value is -2.59. The third kappa shape index (κ3) is 5.24. The number of rotatable bonds is 6. The molecule has 2 saturated heterocycles. The summed E-state index contributed by atoms with van der Waals surface area (Å²) < 4.78 is 18.4. The average Bonchev–Trinajstić information content (AvgIpc) is 3.24.